The molecule has 2 N–H and O–H groups in total. The van der Waals surface area contributed by atoms with Crippen LogP contribution in [0.25, 0.3) is 11.0 Å². The molecule has 5 heteroatoms. The molecule has 0 aliphatic carbocycles. The molecule has 21 heavy (non-hydrogen) atoms. The van der Waals surface area contributed by atoms with Crippen molar-refractivity contribution in [3.63, 3.8) is 0 Å². The zero-order valence-corrected chi connectivity index (χ0v) is 11.6. The summed E-state index contributed by atoms with van der Waals surface area (Å²) in [6.45, 7) is 0. The second kappa shape index (κ2) is 5.66. The molecular formula is C16H15N3O2. The lowest BCUT2D eigenvalue weighted by molar-refractivity contribution is -0.115. The van der Waals surface area contributed by atoms with E-state index in [1.54, 1.807) is 13.4 Å². The van der Waals surface area contributed by atoms with E-state index in [-0.39, 0.29) is 5.91 Å². The molecule has 0 atom stereocenters. The first-order valence-corrected chi connectivity index (χ1v) is 6.60. The topological polar surface area (TPSA) is 67.0 Å². The molecule has 0 aliphatic rings. The van der Waals surface area contributed by atoms with Crippen molar-refractivity contribution in [2.45, 2.75) is 6.42 Å². The van der Waals surface area contributed by atoms with Crippen molar-refractivity contribution in [2.75, 3.05) is 12.4 Å². The van der Waals surface area contributed by atoms with Gasteiger partial charge in [-0.05, 0) is 35.9 Å². The summed E-state index contributed by atoms with van der Waals surface area (Å²) in [5.74, 6) is 0.682. The summed E-state index contributed by atoms with van der Waals surface area (Å²) in [5.41, 5.74) is 3.43. The first-order valence-electron chi connectivity index (χ1n) is 6.60. The van der Waals surface area contributed by atoms with E-state index in [4.69, 9.17) is 4.74 Å². The predicted octanol–water partition coefficient (Wildman–Crippen LogP) is 2.75. The molecule has 0 saturated carbocycles. The molecule has 0 unspecified atom stereocenters. The van der Waals surface area contributed by atoms with Crippen LogP contribution in [0.5, 0.6) is 5.75 Å². The van der Waals surface area contributed by atoms with Gasteiger partial charge in [-0.25, -0.2) is 4.98 Å². The number of rotatable bonds is 4. The number of H-pyrrole nitrogens is 1. The second-order valence-corrected chi connectivity index (χ2v) is 4.71. The Bertz CT molecular complexity index is 780. The van der Waals surface area contributed by atoms with E-state index in [2.05, 4.69) is 15.3 Å². The molecule has 3 rings (SSSR count). The third kappa shape index (κ3) is 3.02. The maximum absolute atomic E-state index is 12.1. The minimum Gasteiger partial charge on any atom is -0.497 e. The van der Waals surface area contributed by atoms with Gasteiger partial charge in [0.25, 0.3) is 0 Å². The van der Waals surface area contributed by atoms with Crippen LogP contribution >= 0.6 is 0 Å². The average Bonchev–Trinajstić information content (AvgIpc) is 2.95. The molecule has 0 spiro atoms. The highest BCUT2D eigenvalue weighted by molar-refractivity contribution is 5.94. The number of carbonyl (C=O) groups excluding carboxylic acids is 1. The third-order valence-corrected chi connectivity index (χ3v) is 3.20. The SMILES string of the molecule is COc1cccc(CC(=O)Nc2ccc3nc[nH]c3c2)c1. The van der Waals surface area contributed by atoms with Crippen LogP contribution in [0, 0.1) is 0 Å². The predicted molar refractivity (Wildman–Crippen MR) is 81.4 cm³/mol. The molecular weight excluding hydrogens is 266 g/mol. The fourth-order valence-electron chi connectivity index (χ4n) is 2.19. The van der Waals surface area contributed by atoms with E-state index in [0.717, 1.165) is 28.0 Å². The highest BCUT2D eigenvalue weighted by Gasteiger charge is 2.06. The maximum atomic E-state index is 12.1. The minimum atomic E-state index is -0.0675. The number of aromatic nitrogens is 2. The average molecular weight is 281 g/mol. The first kappa shape index (κ1) is 13.2. The standard InChI is InChI=1S/C16H15N3O2/c1-21-13-4-2-3-11(7-13)8-16(20)19-12-5-6-14-15(9-12)18-10-17-14/h2-7,9-10H,8H2,1H3,(H,17,18)(H,19,20). The zero-order valence-electron chi connectivity index (χ0n) is 11.6. The van der Waals surface area contributed by atoms with Gasteiger partial charge in [0, 0.05) is 5.69 Å². The number of nitrogens with one attached hydrogen (secondary N) is 2. The highest BCUT2D eigenvalue weighted by Crippen LogP contribution is 2.17. The number of fused-ring (bicyclic) bond motifs is 1. The fraction of sp³-hybridized carbons (Fsp3) is 0.125. The number of amides is 1. The number of hydrogen-bond donors (Lipinski definition) is 2. The summed E-state index contributed by atoms with van der Waals surface area (Å²) in [4.78, 5) is 19.2. The molecule has 0 fully saturated rings. The zero-order chi connectivity index (χ0) is 14.7. The number of hydrogen-bond acceptors (Lipinski definition) is 3. The van der Waals surface area contributed by atoms with Gasteiger partial charge in [-0.15, -0.1) is 0 Å². The van der Waals surface area contributed by atoms with Gasteiger partial charge in [0.1, 0.15) is 5.75 Å². The second-order valence-electron chi connectivity index (χ2n) is 4.71. The highest BCUT2D eigenvalue weighted by atomic mass is 16.5. The van der Waals surface area contributed by atoms with Crippen molar-refractivity contribution in [1.29, 1.82) is 0 Å². The molecule has 5 nitrogen and oxygen atoms in total. The molecule has 106 valence electrons. The summed E-state index contributed by atoms with van der Waals surface area (Å²) < 4.78 is 5.15. The number of carbonyl (C=O) groups is 1. The van der Waals surface area contributed by atoms with Gasteiger partial charge < -0.3 is 15.0 Å². The molecule has 0 aliphatic heterocycles. The van der Waals surface area contributed by atoms with Crippen molar-refractivity contribution in [3.8, 4) is 5.75 Å². The Hall–Kier alpha value is -2.82. The number of ether oxygens (including phenoxy) is 1. The number of nitrogens with zero attached hydrogens (tertiary/aromatic N) is 1. The van der Waals surface area contributed by atoms with Crippen LogP contribution in [0.3, 0.4) is 0 Å². The Kier molecular flexibility index (Phi) is 3.55. The summed E-state index contributed by atoms with van der Waals surface area (Å²) >= 11 is 0. The Morgan fingerprint density at radius 1 is 1.29 bits per heavy atom. The van der Waals surface area contributed by atoms with Gasteiger partial charge in [-0.3, -0.25) is 4.79 Å². The quantitative estimate of drug-likeness (QED) is 0.772. The van der Waals surface area contributed by atoms with Gasteiger partial charge >= 0.3 is 0 Å². The monoisotopic (exact) mass is 281 g/mol. The molecule has 3 aromatic rings. The van der Waals surface area contributed by atoms with Crippen LogP contribution in [0.4, 0.5) is 5.69 Å². The van der Waals surface area contributed by atoms with Crippen LogP contribution in [0.1, 0.15) is 5.56 Å². The van der Waals surface area contributed by atoms with Crippen molar-refractivity contribution in [3.05, 3.63) is 54.4 Å². The van der Waals surface area contributed by atoms with Gasteiger partial charge in [-0.2, -0.15) is 0 Å². The van der Waals surface area contributed by atoms with Crippen LogP contribution < -0.4 is 10.1 Å². The van der Waals surface area contributed by atoms with Gasteiger partial charge in [0.15, 0.2) is 0 Å². The molecule has 2 aromatic carbocycles. The first-order chi connectivity index (χ1) is 10.2. The van der Waals surface area contributed by atoms with E-state index in [1.807, 2.05) is 42.5 Å². The van der Waals surface area contributed by atoms with Gasteiger partial charge in [0.2, 0.25) is 5.91 Å². The van der Waals surface area contributed by atoms with E-state index in [1.165, 1.54) is 0 Å². The van der Waals surface area contributed by atoms with Crippen LogP contribution in [-0.4, -0.2) is 23.0 Å². The lowest BCUT2D eigenvalue weighted by atomic mass is 10.1. The van der Waals surface area contributed by atoms with Crippen molar-refractivity contribution in [1.82, 2.24) is 9.97 Å². The Morgan fingerprint density at radius 3 is 3.05 bits per heavy atom. The molecule has 0 saturated heterocycles. The Balaban J connectivity index is 1.70. The van der Waals surface area contributed by atoms with Crippen LogP contribution in [-0.2, 0) is 11.2 Å². The third-order valence-electron chi connectivity index (χ3n) is 3.20. The normalized spacial score (nSPS) is 10.5. The fourth-order valence-corrected chi connectivity index (χ4v) is 2.19. The van der Waals surface area contributed by atoms with Crippen LogP contribution in [0.15, 0.2) is 48.8 Å². The number of aromatic amines is 1. The molecule has 0 radical (unpaired) electrons. The smallest absolute Gasteiger partial charge is 0.228 e. The van der Waals surface area contributed by atoms with E-state index in [9.17, 15) is 4.79 Å². The minimum absolute atomic E-state index is 0.0675. The van der Waals surface area contributed by atoms with Crippen molar-refractivity contribution in [2.24, 2.45) is 0 Å². The van der Waals surface area contributed by atoms with Gasteiger partial charge in [-0.1, -0.05) is 12.1 Å². The van der Waals surface area contributed by atoms with E-state index < -0.39 is 0 Å². The number of benzene rings is 2. The van der Waals surface area contributed by atoms with E-state index in [0.29, 0.717) is 6.42 Å². The van der Waals surface area contributed by atoms with E-state index >= 15 is 0 Å². The lowest BCUT2D eigenvalue weighted by Crippen LogP contribution is -2.14. The Morgan fingerprint density at radius 2 is 2.19 bits per heavy atom. The lowest BCUT2D eigenvalue weighted by Gasteiger charge is -2.06. The molecule has 0 bridgehead atoms. The largest absolute Gasteiger partial charge is 0.497 e. The molecule has 1 heterocycles. The summed E-state index contributed by atoms with van der Waals surface area (Å²) in [7, 11) is 1.61. The summed E-state index contributed by atoms with van der Waals surface area (Å²) in [6, 6.07) is 13.1. The van der Waals surface area contributed by atoms with Gasteiger partial charge in [0.05, 0.1) is 30.9 Å². The number of anilines is 1. The van der Waals surface area contributed by atoms with Crippen molar-refractivity contribution < 1.29 is 9.53 Å². The summed E-state index contributed by atoms with van der Waals surface area (Å²) in [5, 5.41) is 2.88. The van der Waals surface area contributed by atoms with Crippen molar-refractivity contribution >= 4 is 22.6 Å². The Labute approximate surface area is 122 Å². The molecule has 1 aromatic heterocycles. The number of methoxy groups -OCH3 is 1. The van der Waals surface area contributed by atoms with Crippen LogP contribution in [0.2, 0.25) is 0 Å². The number of imidazole rings is 1. The molecule has 1 amide bonds. The maximum Gasteiger partial charge on any atom is 0.228 e. The summed E-state index contributed by atoms with van der Waals surface area (Å²) in [6.07, 6.45) is 1.94.